The first kappa shape index (κ1) is 22.9. The topological polar surface area (TPSA) is 73.9 Å². The van der Waals surface area contributed by atoms with E-state index in [-0.39, 0.29) is 22.7 Å². The molecule has 1 amide bonds. The van der Waals surface area contributed by atoms with Gasteiger partial charge in [-0.25, -0.2) is 4.79 Å². The van der Waals surface area contributed by atoms with Gasteiger partial charge < -0.3 is 19.5 Å². The molecule has 2 aromatic rings. The summed E-state index contributed by atoms with van der Waals surface area (Å²) in [7, 11) is 1.17. The zero-order valence-electron chi connectivity index (χ0n) is 15.6. The lowest BCUT2D eigenvalue weighted by atomic mass is 10.2. The van der Waals surface area contributed by atoms with Gasteiger partial charge in [0.05, 0.1) is 18.2 Å². The Morgan fingerprint density at radius 3 is 2.33 bits per heavy atom. The number of rotatable bonds is 7. The summed E-state index contributed by atoms with van der Waals surface area (Å²) in [6, 6.07) is 7.21. The Balaban J connectivity index is 2.06. The zero-order valence-corrected chi connectivity index (χ0v) is 15.6. The molecule has 0 saturated heterocycles. The predicted octanol–water partition coefficient (Wildman–Crippen LogP) is 4.50. The average molecular weight is 433 g/mol. The van der Waals surface area contributed by atoms with Gasteiger partial charge in [0, 0.05) is 5.69 Å². The number of carbonyl (C=O) groups is 2. The number of hydrogen-bond acceptors (Lipinski definition) is 5. The molecule has 11 heteroatoms. The van der Waals surface area contributed by atoms with Crippen molar-refractivity contribution >= 4 is 17.6 Å². The molecule has 30 heavy (non-hydrogen) atoms. The minimum atomic E-state index is -4.59. The molecule has 0 bridgehead atoms. The van der Waals surface area contributed by atoms with E-state index < -0.39 is 36.3 Å². The van der Waals surface area contributed by atoms with Crippen molar-refractivity contribution < 1.29 is 45.8 Å². The third-order valence-corrected chi connectivity index (χ3v) is 3.73. The molecule has 1 N–H and O–H groups in total. The number of hydrogen-bond donors (Lipinski definition) is 1. The first-order chi connectivity index (χ1) is 14.0. The highest BCUT2D eigenvalue weighted by atomic mass is 19.4. The molecule has 0 aliphatic carbocycles. The first-order valence-corrected chi connectivity index (χ1v) is 8.33. The number of nitrogens with one attached hydrogen (secondary N) is 1. The van der Waals surface area contributed by atoms with Crippen LogP contribution in [0.4, 0.5) is 27.6 Å². The second kappa shape index (κ2) is 9.42. The molecule has 0 radical (unpaired) electrons. The average Bonchev–Trinajstić information content (AvgIpc) is 2.67. The number of benzene rings is 2. The quantitative estimate of drug-likeness (QED) is 0.514. The Morgan fingerprint density at radius 1 is 1.03 bits per heavy atom. The molecule has 1 atom stereocenters. The van der Waals surface area contributed by atoms with E-state index >= 15 is 0 Å². The SMILES string of the molecule is COc1cc(C(=O)OC(C)C(=O)Nc2cccc(C(F)(F)F)c2)ccc1OC(F)F. The van der Waals surface area contributed by atoms with Crippen molar-refractivity contribution in [3.8, 4) is 11.5 Å². The maximum Gasteiger partial charge on any atom is 0.416 e. The second-order valence-electron chi connectivity index (χ2n) is 5.86. The normalized spacial score (nSPS) is 12.3. The van der Waals surface area contributed by atoms with Crippen LogP contribution >= 0.6 is 0 Å². The molecule has 0 aliphatic rings. The minimum absolute atomic E-state index is 0.118. The summed E-state index contributed by atoms with van der Waals surface area (Å²) < 4.78 is 77.0. The van der Waals surface area contributed by atoms with Crippen LogP contribution in [0.25, 0.3) is 0 Å². The number of carbonyl (C=O) groups excluding carboxylic acids is 2. The lowest BCUT2D eigenvalue weighted by molar-refractivity contribution is -0.137. The number of halogens is 5. The van der Waals surface area contributed by atoms with Crippen LogP contribution < -0.4 is 14.8 Å². The number of amides is 1. The molecular weight excluding hydrogens is 417 g/mol. The molecular formula is C19H16F5NO5. The van der Waals surface area contributed by atoms with Crippen LogP contribution in [0.1, 0.15) is 22.8 Å². The van der Waals surface area contributed by atoms with Crippen LogP contribution in [0.5, 0.6) is 11.5 Å². The van der Waals surface area contributed by atoms with E-state index in [9.17, 15) is 31.5 Å². The van der Waals surface area contributed by atoms with Crippen LogP contribution in [0.2, 0.25) is 0 Å². The highest BCUT2D eigenvalue weighted by Crippen LogP contribution is 2.31. The van der Waals surface area contributed by atoms with Gasteiger partial charge in [0.15, 0.2) is 17.6 Å². The maximum atomic E-state index is 12.7. The van der Waals surface area contributed by atoms with Gasteiger partial charge in [0.2, 0.25) is 0 Å². The van der Waals surface area contributed by atoms with Gasteiger partial charge in [-0.05, 0) is 43.3 Å². The maximum absolute atomic E-state index is 12.7. The van der Waals surface area contributed by atoms with Gasteiger partial charge in [-0.1, -0.05) is 6.07 Å². The van der Waals surface area contributed by atoms with E-state index in [0.717, 1.165) is 36.4 Å². The molecule has 2 rings (SSSR count). The number of esters is 1. The smallest absolute Gasteiger partial charge is 0.416 e. The van der Waals surface area contributed by atoms with Crippen LogP contribution in [0.3, 0.4) is 0 Å². The fraction of sp³-hybridized carbons (Fsp3) is 0.263. The van der Waals surface area contributed by atoms with Crippen molar-refractivity contribution in [1.82, 2.24) is 0 Å². The third kappa shape index (κ3) is 6.06. The second-order valence-corrected chi connectivity index (χ2v) is 5.86. The minimum Gasteiger partial charge on any atom is -0.493 e. The van der Waals surface area contributed by atoms with Gasteiger partial charge in [-0.2, -0.15) is 22.0 Å². The fourth-order valence-corrected chi connectivity index (χ4v) is 2.29. The summed E-state index contributed by atoms with van der Waals surface area (Å²) in [5.41, 5.74) is -1.21. The summed E-state index contributed by atoms with van der Waals surface area (Å²) >= 11 is 0. The van der Waals surface area contributed by atoms with E-state index in [1.165, 1.54) is 20.1 Å². The van der Waals surface area contributed by atoms with Crippen LogP contribution in [-0.4, -0.2) is 31.7 Å². The van der Waals surface area contributed by atoms with Crippen LogP contribution in [0, 0.1) is 0 Å². The van der Waals surface area contributed by atoms with E-state index in [1.807, 2.05) is 0 Å². The Labute approximate surface area is 167 Å². The zero-order chi connectivity index (χ0) is 22.5. The Hall–Kier alpha value is -3.37. The summed E-state index contributed by atoms with van der Waals surface area (Å²) in [6.07, 6.45) is -5.95. The predicted molar refractivity (Wildman–Crippen MR) is 94.6 cm³/mol. The highest BCUT2D eigenvalue weighted by Gasteiger charge is 2.30. The van der Waals surface area contributed by atoms with Crippen molar-refractivity contribution in [1.29, 1.82) is 0 Å². The van der Waals surface area contributed by atoms with Crippen molar-refractivity contribution in [2.24, 2.45) is 0 Å². The molecule has 0 fully saturated rings. The monoisotopic (exact) mass is 433 g/mol. The van der Waals surface area contributed by atoms with Gasteiger partial charge in [0.25, 0.3) is 5.91 Å². The molecule has 0 aliphatic heterocycles. The number of ether oxygens (including phenoxy) is 3. The third-order valence-electron chi connectivity index (χ3n) is 3.73. The lowest BCUT2D eigenvalue weighted by Crippen LogP contribution is -2.30. The summed E-state index contributed by atoms with van der Waals surface area (Å²) in [4.78, 5) is 24.3. The standard InChI is InChI=1S/C19H16F5NO5/c1-10(16(26)25-13-5-3-4-12(9-13)19(22,23)24)29-17(27)11-6-7-14(30-18(20)21)15(8-11)28-2/h3-10,18H,1-2H3,(H,25,26). The van der Waals surface area contributed by atoms with Crippen molar-refractivity contribution in [2.75, 3.05) is 12.4 Å². The van der Waals surface area contributed by atoms with Crippen molar-refractivity contribution in [3.63, 3.8) is 0 Å². The Morgan fingerprint density at radius 2 is 1.73 bits per heavy atom. The Bertz CT molecular complexity index is 916. The highest BCUT2D eigenvalue weighted by molar-refractivity contribution is 5.97. The molecule has 0 heterocycles. The van der Waals surface area contributed by atoms with E-state index in [1.54, 1.807) is 0 Å². The Kier molecular flexibility index (Phi) is 7.19. The summed E-state index contributed by atoms with van der Waals surface area (Å²) in [6.45, 7) is -1.89. The van der Waals surface area contributed by atoms with Crippen molar-refractivity contribution in [3.05, 3.63) is 53.6 Å². The lowest BCUT2D eigenvalue weighted by Gasteiger charge is -2.15. The first-order valence-electron chi connectivity index (χ1n) is 8.33. The van der Waals surface area contributed by atoms with Gasteiger partial charge >= 0.3 is 18.8 Å². The van der Waals surface area contributed by atoms with Crippen LogP contribution in [0.15, 0.2) is 42.5 Å². The molecule has 0 saturated carbocycles. The largest absolute Gasteiger partial charge is 0.493 e. The molecule has 0 aromatic heterocycles. The molecule has 162 valence electrons. The number of methoxy groups -OCH3 is 1. The number of anilines is 1. The van der Waals surface area contributed by atoms with Gasteiger partial charge in [-0.3, -0.25) is 4.79 Å². The van der Waals surface area contributed by atoms with E-state index in [4.69, 9.17) is 9.47 Å². The summed E-state index contributed by atoms with van der Waals surface area (Å²) in [5, 5.41) is 2.22. The van der Waals surface area contributed by atoms with Gasteiger partial charge in [-0.15, -0.1) is 0 Å². The van der Waals surface area contributed by atoms with Crippen LogP contribution in [-0.2, 0) is 15.7 Å². The molecule has 0 spiro atoms. The summed E-state index contributed by atoms with van der Waals surface area (Å²) in [5.74, 6) is -2.32. The van der Waals surface area contributed by atoms with Crippen molar-refractivity contribution in [2.45, 2.75) is 25.8 Å². The molecule has 2 aromatic carbocycles. The van der Waals surface area contributed by atoms with E-state index in [2.05, 4.69) is 10.1 Å². The fourth-order valence-electron chi connectivity index (χ4n) is 2.29. The van der Waals surface area contributed by atoms with E-state index in [0.29, 0.717) is 0 Å². The number of alkyl halides is 5. The van der Waals surface area contributed by atoms with Gasteiger partial charge in [0.1, 0.15) is 0 Å². The molecule has 1 unspecified atom stereocenters. The molecule has 6 nitrogen and oxygen atoms in total.